The zero-order chi connectivity index (χ0) is 27.4. The highest BCUT2D eigenvalue weighted by Crippen LogP contribution is 2.34. The van der Waals surface area contributed by atoms with Gasteiger partial charge in [0.05, 0.1) is 19.3 Å². The van der Waals surface area contributed by atoms with Gasteiger partial charge < -0.3 is 14.2 Å². The van der Waals surface area contributed by atoms with Crippen LogP contribution in [0.3, 0.4) is 0 Å². The van der Waals surface area contributed by atoms with E-state index in [0.717, 1.165) is 25.0 Å². The molecular formula is C28H24F6O4. The first kappa shape index (κ1) is 27.7. The van der Waals surface area contributed by atoms with Crippen molar-refractivity contribution in [3.8, 4) is 16.9 Å². The molecule has 2 atom stereocenters. The van der Waals surface area contributed by atoms with Crippen molar-refractivity contribution in [2.45, 2.75) is 32.3 Å². The highest BCUT2D eigenvalue weighted by Gasteiger charge is 2.26. The van der Waals surface area contributed by atoms with Crippen LogP contribution in [-0.2, 0) is 9.47 Å². The molecule has 1 heterocycles. The van der Waals surface area contributed by atoms with Crippen LogP contribution in [0.1, 0.15) is 48.2 Å². The minimum absolute atomic E-state index is 0.115. The summed E-state index contributed by atoms with van der Waals surface area (Å²) in [5, 5.41) is 0. The van der Waals surface area contributed by atoms with E-state index >= 15 is 0 Å². The molecule has 0 bridgehead atoms. The third-order valence-corrected chi connectivity index (χ3v) is 6.16. The lowest BCUT2D eigenvalue weighted by Crippen LogP contribution is -2.24. The van der Waals surface area contributed by atoms with Gasteiger partial charge in [0, 0.05) is 30.2 Å². The largest absolute Gasteiger partial charge is 0.423 e. The summed E-state index contributed by atoms with van der Waals surface area (Å²) in [7, 11) is 0. The maximum atomic E-state index is 15.0. The van der Waals surface area contributed by atoms with E-state index in [4.69, 9.17) is 9.47 Å². The van der Waals surface area contributed by atoms with Gasteiger partial charge in [0.1, 0.15) is 28.8 Å². The molecule has 4 nitrogen and oxygen atoms in total. The summed E-state index contributed by atoms with van der Waals surface area (Å²) in [6.07, 6.45) is 2.12. The molecule has 38 heavy (non-hydrogen) atoms. The molecule has 0 radical (unpaired) electrons. The smallest absolute Gasteiger partial charge is 0.349 e. The van der Waals surface area contributed by atoms with Gasteiger partial charge in [0.15, 0.2) is 17.5 Å². The number of hydrogen-bond acceptors (Lipinski definition) is 4. The molecule has 0 aliphatic carbocycles. The normalized spacial score (nSPS) is 17.4. The highest BCUT2D eigenvalue weighted by molar-refractivity contribution is 5.92. The average molecular weight is 538 g/mol. The summed E-state index contributed by atoms with van der Waals surface area (Å²) in [5.41, 5.74) is -0.879. The van der Waals surface area contributed by atoms with Crippen molar-refractivity contribution >= 4 is 5.97 Å². The van der Waals surface area contributed by atoms with Gasteiger partial charge in [-0.1, -0.05) is 19.1 Å². The van der Waals surface area contributed by atoms with Crippen LogP contribution >= 0.6 is 0 Å². The third kappa shape index (κ3) is 6.19. The average Bonchev–Trinajstić information content (AvgIpc) is 2.87. The second-order valence-corrected chi connectivity index (χ2v) is 8.98. The van der Waals surface area contributed by atoms with E-state index in [-0.39, 0.29) is 23.1 Å². The minimum atomic E-state index is -1.80. The van der Waals surface area contributed by atoms with Gasteiger partial charge in [0.25, 0.3) is 0 Å². The maximum absolute atomic E-state index is 15.0. The molecule has 3 aromatic rings. The number of rotatable bonds is 8. The molecule has 0 spiro atoms. The lowest BCUT2D eigenvalue weighted by molar-refractivity contribution is -0.0434. The molecule has 0 amide bonds. The Balaban J connectivity index is 1.48. The van der Waals surface area contributed by atoms with Crippen molar-refractivity contribution in [3.63, 3.8) is 0 Å². The maximum Gasteiger partial charge on any atom is 0.349 e. The van der Waals surface area contributed by atoms with Crippen LogP contribution in [0.4, 0.5) is 26.3 Å². The number of benzene rings is 3. The molecule has 4 rings (SSSR count). The molecule has 0 aromatic heterocycles. The van der Waals surface area contributed by atoms with Gasteiger partial charge in [0.2, 0.25) is 0 Å². The van der Waals surface area contributed by atoms with E-state index in [1.807, 2.05) is 6.92 Å². The highest BCUT2D eigenvalue weighted by atomic mass is 19.2. The van der Waals surface area contributed by atoms with Gasteiger partial charge in [-0.15, -0.1) is 0 Å². The lowest BCUT2D eigenvalue weighted by atomic mass is 9.93. The van der Waals surface area contributed by atoms with Crippen LogP contribution in [0, 0.1) is 40.8 Å². The number of ether oxygens (including phenoxy) is 3. The van der Waals surface area contributed by atoms with E-state index < -0.39 is 52.2 Å². The molecule has 1 aliphatic heterocycles. The van der Waals surface area contributed by atoms with E-state index in [9.17, 15) is 31.1 Å². The molecular weight excluding hydrogens is 514 g/mol. The van der Waals surface area contributed by atoms with Gasteiger partial charge >= 0.3 is 5.97 Å². The fraction of sp³-hybridized carbons (Fsp3) is 0.321. The number of hydrogen-bond donors (Lipinski definition) is 0. The summed E-state index contributed by atoms with van der Waals surface area (Å²) in [4.78, 5) is 12.3. The van der Waals surface area contributed by atoms with E-state index in [1.165, 1.54) is 12.1 Å². The van der Waals surface area contributed by atoms with Crippen LogP contribution in [0.5, 0.6) is 5.75 Å². The Labute approximate surface area is 215 Å². The molecule has 2 unspecified atom stereocenters. The molecule has 0 N–H and O–H groups in total. The number of carbonyl (C=O) groups excluding carboxylic acids is 1. The zero-order valence-corrected chi connectivity index (χ0v) is 20.3. The fourth-order valence-corrected chi connectivity index (χ4v) is 4.23. The first-order chi connectivity index (χ1) is 18.2. The Morgan fingerprint density at radius 3 is 2.16 bits per heavy atom. The zero-order valence-electron chi connectivity index (χ0n) is 20.3. The quantitative estimate of drug-likeness (QED) is 0.0993. The predicted octanol–water partition coefficient (Wildman–Crippen LogP) is 7.30. The van der Waals surface area contributed by atoms with Crippen LogP contribution < -0.4 is 4.74 Å². The van der Waals surface area contributed by atoms with Crippen molar-refractivity contribution in [2.24, 2.45) is 5.92 Å². The van der Waals surface area contributed by atoms with Crippen LogP contribution in [-0.4, -0.2) is 25.8 Å². The number of carbonyl (C=O) groups is 1. The Hall–Kier alpha value is -3.37. The SMILES string of the molecule is CCCOCC1CCC(c2ccc(-c3cc(F)c(C(=O)Oc4cc(F)c(F)c(F)c4)c(F)c3)c(F)c2)OC1. The Morgan fingerprint density at radius 1 is 0.895 bits per heavy atom. The first-order valence-electron chi connectivity index (χ1n) is 12.0. The molecule has 10 heteroatoms. The van der Waals surface area contributed by atoms with Gasteiger partial charge in [-0.25, -0.2) is 31.1 Å². The Kier molecular flexibility index (Phi) is 8.73. The summed E-state index contributed by atoms with van der Waals surface area (Å²) < 4.78 is 100. The summed E-state index contributed by atoms with van der Waals surface area (Å²) in [6, 6.07) is 6.39. The van der Waals surface area contributed by atoms with Crippen molar-refractivity contribution in [2.75, 3.05) is 19.8 Å². The van der Waals surface area contributed by atoms with E-state index in [1.54, 1.807) is 6.07 Å². The molecule has 1 fully saturated rings. The van der Waals surface area contributed by atoms with Crippen molar-refractivity contribution in [1.29, 1.82) is 0 Å². The summed E-state index contributed by atoms with van der Waals surface area (Å²) >= 11 is 0. The molecule has 0 saturated carbocycles. The summed E-state index contributed by atoms with van der Waals surface area (Å²) in [5.74, 6) is -10.8. The topological polar surface area (TPSA) is 44.8 Å². The molecule has 3 aromatic carbocycles. The molecule has 202 valence electrons. The Morgan fingerprint density at radius 2 is 1.58 bits per heavy atom. The second kappa shape index (κ2) is 12.0. The molecule has 1 aliphatic rings. The van der Waals surface area contributed by atoms with Crippen LogP contribution in [0.15, 0.2) is 42.5 Å². The third-order valence-electron chi connectivity index (χ3n) is 6.16. The minimum Gasteiger partial charge on any atom is -0.423 e. The second-order valence-electron chi connectivity index (χ2n) is 8.98. The van der Waals surface area contributed by atoms with Gasteiger partial charge in [-0.2, -0.15) is 0 Å². The Bertz CT molecular complexity index is 1270. The molecule has 1 saturated heterocycles. The van der Waals surface area contributed by atoms with Crippen molar-refractivity contribution in [3.05, 3.63) is 88.5 Å². The van der Waals surface area contributed by atoms with Crippen LogP contribution in [0.2, 0.25) is 0 Å². The lowest BCUT2D eigenvalue weighted by Gasteiger charge is -2.29. The standard InChI is InChI=1S/C28H24F6O4/c1-2-7-36-13-15-3-6-25(37-14-15)16-4-5-19(20(29)8-16)17-9-21(30)26(22(31)10-17)28(35)38-18-11-23(32)27(34)24(33)12-18/h4-5,8-12,15,25H,2-3,6-7,13-14H2,1H3. The predicted molar refractivity (Wildman–Crippen MR) is 126 cm³/mol. The van der Waals surface area contributed by atoms with E-state index in [0.29, 0.717) is 43.9 Å². The number of halogens is 6. The van der Waals surface area contributed by atoms with E-state index in [2.05, 4.69) is 4.74 Å². The fourth-order valence-electron chi connectivity index (χ4n) is 4.23. The van der Waals surface area contributed by atoms with Gasteiger partial charge in [-0.05, 0) is 48.6 Å². The summed E-state index contributed by atoms with van der Waals surface area (Å²) in [6.45, 7) is 3.79. The monoisotopic (exact) mass is 538 g/mol. The first-order valence-corrected chi connectivity index (χ1v) is 12.0. The van der Waals surface area contributed by atoms with Gasteiger partial charge in [-0.3, -0.25) is 0 Å². The number of esters is 1. The van der Waals surface area contributed by atoms with Crippen molar-refractivity contribution in [1.82, 2.24) is 0 Å². The van der Waals surface area contributed by atoms with Crippen LogP contribution in [0.25, 0.3) is 11.1 Å². The van der Waals surface area contributed by atoms with Crippen molar-refractivity contribution < 1.29 is 45.3 Å².